The van der Waals surface area contributed by atoms with Gasteiger partial charge in [0.1, 0.15) is 5.75 Å². The number of nitrogens with zero attached hydrogens (tertiary/aromatic N) is 1. The molecule has 1 aromatic carbocycles. The minimum Gasteiger partial charge on any atom is -0.497 e. The molecule has 6 nitrogen and oxygen atoms in total. The van der Waals surface area contributed by atoms with Gasteiger partial charge in [-0.05, 0) is 12.1 Å². The van der Waals surface area contributed by atoms with Crippen LogP contribution < -0.4 is 4.74 Å². The molecule has 0 aliphatic carbocycles. The molecular weight excluding hydrogens is 214 g/mol. The summed E-state index contributed by atoms with van der Waals surface area (Å²) < 4.78 is 4.87. The minimum absolute atomic E-state index is 0.0385. The molecule has 0 unspecified atom stereocenters. The van der Waals surface area contributed by atoms with E-state index in [9.17, 15) is 15.2 Å². The van der Waals surface area contributed by atoms with Gasteiger partial charge in [0.05, 0.1) is 30.8 Å². The Bertz CT molecular complexity index is 379. The van der Waals surface area contributed by atoms with Crippen molar-refractivity contribution >= 4 is 5.69 Å². The number of hydrogen-bond donors (Lipinski definition) is 2. The molecule has 0 spiro atoms. The molecule has 88 valence electrons. The second-order valence-electron chi connectivity index (χ2n) is 3.29. The standard InChI is InChI=1S/C10H13NO5/c1-16-9-3-2-7(4-8(13)6-12)10(5-9)11(14)15/h2-3,5,8,12-13H,4,6H2,1H3/t8-/m1/s1. The number of methoxy groups -OCH3 is 1. The van der Waals surface area contributed by atoms with Crippen LogP contribution in [-0.4, -0.2) is 35.0 Å². The molecule has 0 aliphatic rings. The summed E-state index contributed by atoms with van der Waals surface area (Å²) in [6.07, 6.45) is -0.955. The Morgan fingerprint density at radius 1 is 1.56 bits per heavy atom. The highest BCUT2D eigenvalue weighted by Gasteiger charge is 2.17. The molecular formula is C10H13NO5. The van der Waals surface area contributed by atoms with Crippen LogP contribution in [0.2, 0.25) is 0 Å². The summed E-state index contributed by atoms with van der Waals surface area (Å²) in [6, 6.07) is 4.38. The maximum absolute atomic E-state index is 10.8. The van der Waals surface area contributed by atoms with Crippen molar-refractivity contribution in [2.45, 2.75) is 12.5 Å². The fourth-order valence-electron chi connectivity index (χ4n) is 1.33. The Kier molecular flexibility index (Phi) is 4.21. The Morgan fingerprint density at radius 2 is 2.25 bits per heavy atom. The molecule has 16 heavy (non-hydrogen) atoms. The summed E-state index contributed by atoms with van der Waals surface area (Å²) in [4.78, 5) is 10.2. The topological polar surface area (TPSA) is 92.8 Å². The van der Waals surface area contributed by atoms with E-state index in [0.717, 1.165) is 0 Å². The summed E-state index contributed by atoms with van der Waals surface area (Å²) in [6.45, 7) is -0.427. The molecule has 0 aliphatic heterocycles. The van der Waals surface area contributed by atoms with E-state index in [1.54, 1.807) is 6.07 Å². The van der Waals surface area contributed by atoms with Gasteiger partial charge in [-0.25, -0.2) is 0 Å². The van der Waals surface area contributed by atoms with E-state index in [2.05, 4.69) is 0 Å². The molecule has 0 radical (unpaired) electrons. The Labute approximate surface area is 92.2 Å². The van der Waals surface area contributed by atoms with Crippen molar-refractivity contribution in [3.05, 3.63) is 33.9 Å². The zero-order valence-corrected chi connectivity index (χ0v) is 8.79. The molecule has 0 saturated heterocycles. The lowest BCUT2D eigenvalue weighted by Gasteiger charge is -2.08. The highest BCUT2D eigenvalue weighted by Crippen LogP contribution is 2.25. The van der Waals surface area contributed by atoms with Gasteiger partial charge in [0.15, 0.2) is 0 Å². The summed E-state index contributed by atoms with van der Waals surface area (Å²) in [7, 11) is 1.42. The van der Waals surface area contributed by atoms with Gasteiger partial charge in [0.25, 0.3) is 5.69 Å². The van der Waals surface area contributed by atoms with Crippen molar-refractivity contribution < 1.29 is 19.9 Å². The summed E-state index contributed by atoms with van der Waals surface area (Å²) in [5, 5.41) is 28.7. The van der Waals surface area contributed by atoms with Crippen molar-refractivity contribution in [3.63, 3.8) is 0 Å². The fourth-order valence-corrected chi connectivity index (χ4v) is 1.33. The lowest BCUT2D eigenvalue weighted by atomic mass is 10.1. The van der Waals surface area contributed by atoms with Crippen LogP contribution in [0.15, 0.2) is 18.2 Å². The third-order valence-corrected chi connectivity index (χ3v) is 2.16. The van der Waals surface area contributed by atoms with Crippen molar-refractivity contribution in [2.75, 3.05) is 13.7 Å². The van der Waals surface area contributed by atoms with Crippen LogP contribution in [0.25, 0.3) is 0 Å². The minimum atomic E-state index is -0.993. The molecule has 0 saturated carbocycles. The van der Waals surface area contributed by atoms with Gasteiger partial charge in [-0.3, -0.25) is 10.1 Å². The number of hydrogen-bond acceptors (Lipinski definition) is 5. The van der Waals surface area contributed by atoms with Gasteiger partial charge < -0.3 is 14.9 Å². The zero-order valence-electron chi connectivity index (χ0n) is 8.79. The van der Waals surface area contributed by atoms with Gasteiger partial charge in [-0.2, -0.15) is 0 Å². The van der Waals surface area contributed by atoms with E-state index in [1.165, 1.54) is 19.2 Å². The molecule has 0 bridgehead atoms. The van der Waals surface area contributed by atoms with Crippen LogP contribution in [0.1, 0.15) is 5.56 Å². The quantitative estimate of drug-likeness (QED) is 0.564. The van der Waals surface area contributed by atoms with E-state index in [4.69, 9.17) is 9.84 Å². The molecule has 0 heterocycles. The lowest BCUT2D eigenvalue weighted by Crippen LogP contribution is -2.16. The smallest absolute Gasteiger partial charge is 0.276 e. The van der Waals surface area contributed by atoms with Crippen molar-refractivity contribution in [3.8, 4) is 5.75 Å². The third-order valence-electron chi connectivity index (χ3n) is 2.16. The first-order valence-electron chi connectivity index (χ1n) is 4.68. The molecule has 0 amide bonds. The highest BCUT2D eigenvalue weighted by molar-refractivity contribution is 5.46. The predicted molar refractivity (Wildman–Crippen MR) is 56.4 cm³/mol. The van der Waals surface area contributed by atoms with Gasteiger partial charge in [-0.1, -0.05) is 0 Å². The molecule has 6 heteroatoms. The van der Waals surface area contributed by atoms with Crippen LogP contribution in [0, 0.1) is 10.1 Å². The maximum Gasteiger partial charge on any atom is 0.276 e. The summed E-state index contributed by atoms with van der Waals surface area (Å²) in [5.74, 6) is 0.383. The second kappa shape index (κ2) is 5.43. The van der Waals surface area contributed by atoms with E-state index in [-0.39, 0.29) is 12.1 Å². The lowest BCUT2D eigenvalue weighted by molar-refractivity contribution is -0.385. The Balaban J connectivity index is 3.03. The van der Waals surface area contributed by atoms with Gasteiger partial charge in [0, 0.05) is 12.0 Å². The van der Waals surface area contributed by atoms with E-state index < -0.39 is 17.6 Å². The molecule has 1 rings (SSSR count). The predicted octanol–water partition coefficient (Wildman–Crippen LogP) is 0.499. The summed E-state index contributed by atoms with van der Waals surface area (Å²) in [5.41, 5.74) is 0.249. The number of benzene rings is 1. The zero-order chi connectivity index (χ0) is 12.1. The van der Waals surface area contributed by atoms with Crippen LogP contribution in [0.3, 0.4) is 0 Å². The largest absolute Gasteiger partial charge is 0.497 e. The molecule has 1 aromatic rings. The SMILES string of the molecule is COc1ccc(C[C@@H](O)CO)c([N+](=O)[O-])c1. The fraction of sp³-hybridized carbons (Fsp3) is 0.400. The summed E-state index contributed by atoms with van der Waals surface area (Å²) >= 11 is 0. The monoisotopic (exact) mass is 227 g/mol. The Hall–Kier alpha value is -1.66. The van der Waals surface area contributed by atoms with Crippen LogP contribution in [0.5, 0.6) is 5.75 Å². The second-order valence-corrected chi connectivity index (χ2v) is 3.29. The van der Waals surface area contributed by atoms with E-state index in [0.29, 0.717) is 11.3 Å². The van der Waals surface area contributed by atoms with Gasteiger partial charge >= 0.3 is 0 Å². The molecule has 0 fully saturated rings. The average molecular weight is 227 g/mol. The third kappa shape index (κ3) is 2.91. The van der Waals surface area contributed by atoms with Gasteiger partial charge in [-0.15, -0.1) is 0 Å². The van der Waals surface area contributed by atoms with Crippen molar-refractivity contribution in [1.82, 2.24) is 0 Å². The first-order chi connectivity index (χ1) is 7.58. The number of ether oxygens (including phenoxy) is 1. The molecule has 0 aromatic heterocycles. The van der Waals surface area contributed by atoms with Crippen molar-refractivity contribution in [2.24, 2.45) is 0 Å². The maximum atomic E-state index is 10.8. The number of nitro groups is 1. The first kappa shape index (κ1) is 12.4. The van der Waals surface area contributed by atoms with E-state index >= 15 is 0 Å². The highest BCUT2D eigenvalue weighted by atomic mass is 16.6. The molecule has 2 N–H and O–H groups in total. The first-order valence-corrected chi connectivity index (χ1v) is 4.68. The van der Waals surface area contributed by atoms with Crippen LogP contribution in [0.4, 0.5) is 5.69 Å². The Morgan fingerprint density at radius 3 is 2.75 bits per heavy atom. The number of rotatable bonds is 5. The van der Waals surface area contributed by atoms with Crippen molar-refractivity contribution in [1.29, 1.82) is 0 Å². The number of aliphatic hydroxyl groups excluding tert-OH is 2. The van der Waals surface area contributed by atoms with Crippen LogP contribution >= 0.6 is 0 Å². The molecule has 1 atom stereocenters. The normalized spacial score (nSPS) is 12.2. The number of nitro benzene ring substituents is 1. The van der Waals surface area contributed by atoms with Crippen LogP contribution in [-0.2, 0) is 6.42 Å². The van der Waals surface area contributed by atoms with E-state index in [1.807, 2.05) is 0 Å². The number of aliphatic hydroxyl groups is 2. The average Bonchev–Trinajstić information content (AvgIpc) is 2.29. The van der Waals surface area contributed by atoms with Gasteiger partial charge in [0.2, 0.25) is 0 Å².